The molecule has 0 atom stereocenters. The van der Waals surface area contributed by atoms with Crippen LogP contribution < -0.4 is 5.32 Å². The minimum atomic E-state index is 0.401. The molecule has 0 unspecified atom stereocenters. The molecule has 1 N–H and O–H groups in total. The first-order chi connectivity index (χ1) is 9.70. The molecule has 2 fully saturated rings. The Bertz CT molecular complexity index is 423. The van der Waals surface area contributed by atoms with Crippen molar-refractivity contribution in [3.63, 3.8) is 0 Å². The highest BCUT2D eigenvalue weighted by Crippen LogP contribution is 2.35. The summed E-state index contributed by atoms with van der Waals surface area (Å²) in [4.78, 5) is 2.70. The molecule has 1 aromatic heterocycles. The molecule has 4 nitrogen and oxygen atoms in total. The summed E-state index contributed by atoms with van der Waals surface area (Å²) in [7, 11) is 0. The molecular weight excluding hydrogens is 248 g/mol. The van der Waals surface area contributed by atoms with Crippen molar-refractivity contribution < 1.29 is 0 Å². The Balaban J connectivity index is 1.72. The van der Waals surface area contributed by atoms with E-state index in [4.69, 9.17) is 5.10 Å². The highest BCUT2D eigenvalue weighted by molar-refractivity contribution is 5.04. The summed E-state index contributed by atoms with van der Waals surface area (Å²) in [5, 5.41) is 8.35. The first-order valence-electron chi connectivity index (χ1n) is 8.19. The maximum Gasteiger partial charge on any atom is 0.0765 e. The number of rotatable bonds is 3. The van der Waals surface area contributed by atoms with Gasteiger partial charge in [-0.1, -0.05) is 19.3 Å². The van der Waals surface area contributed by atoms with Gasteiger partial charge in [0.05, 0.1) is 5.69 Å². The van der Waals surface area contributed by atoms with Gasteiger partial charge in [-0.15, -0.1) is 0 Å². The molecule has 20 heavy (non-hydrogen) atoms. The summed E-state index contributed by atoms with van der Waals surface area (Å²) in [5.74, 6) is 0. The number of nitrogens with zero attached hydrogens (tertiary/aromatic N) is 3. The molecule has 1 saturated heterocycles. The third kappa shape index (κ3) is 2.77. The normalized spacial score (nSPS) is 23.6. The molecule has 2 heterocycles. The van der Waals surface area contributed by atoms with Gasteiger partial charge < -0.3 is 5.32 Å². The van der Waals surface area contributed by atoms with E-state index in [9.17, 15) is 0 Å². The lowest BCUT2D eigenvalue weighted by atomic mass is 9.79. The van der Waals surface area contributed by atoms with E-state index in [1.165, 1.54) is 37.8 Å². The van der Waals surface area contributed by atoms with E-state index in [-0.39, 0.29) is 0 Å². The Kier molecular flexibility index (Phi) is 4.13. The summed E-state index contributed by atoms with van der Waals surface area (Å²) < 4.78 is 2.07. The summed E-state index contributed by atoms with van der Waals surface area (Å²) in [5.41, 5.74) is 1.63. The fourth-order valence-electron chi connectivity index (χ4n) is 3.78. The van der Waals surface area contributed by atoms with Crippen LogP contribution in [0.4, 0.5) is 0 Å². The lowest BCUT2D eigenvalue weighted by Crippen LogP contribution is -2.61. The minimum Gasteiger partial charge on any atom is -0.314 e. The molecule has 0 radical (unpaired) electrons. The Morgan fingerprint density at radius 3 is 2.80 bits per heavy atom. The molecule has 1 aliphatic heterocycles. The molecular formula is C16H28N4. The molecule has 0 amide bonds. The zero-order valence-electron chi connectivity index (χ0n) is 12.9. The van der Waals surface area contributed by atoms with Crippen LogP contribution in [0.5, 0.6) is 0 Å². The third-order valence-electron chi connectivity index (χ3n) is 5.01. The van der Waals surface area contributed by atoms with Crippen molar-refractivity contribution in [1.29, 1.82) is 0 Å². The average molecular weight is 276 g/mol. The van der Waals surface area contributed by atoms with Crippen LogP contribution in [0.1, 0.15) is 57.7 Å². The number of piperazine rings is 1. The van der Waals surface area contributed by atoms with Crippen molar-refractivity contribution in [2.45, 2.75) is 64.1 Å². The van der Waals surface area contributed by atoms with Crippen molar-refractivity contribution in [3.8, 4) is 0 Å². The third-order valence-corrected chi connectivity index (χ3v) is 5.01. The second-order valence-electron chi connectivity index (χ2n) is 6.76. The second-order valence-corrected chi connectivity index (χ2v) is 6.76. The fraction of sp³-hybridized carbons (Fsp3) is 0.812. The average Bonchev–Trinajstić information content (AvgIpc) is 2.91. The summed E-state index contributed by atoms with van der Waals surface area (Å²) in [6, 6.07) is 2.65. The molecule has 0 bridgehead atoms. The highest BCUT2D eigenvalue weighted by Gasteiger charge is 2.39. The van der Waals surface area contributed by atoms with Gasteiger partial charge in [-0.25, -0.2) is 0 Å². The standard InChI is InChI=1S/C16H28N4/c1-14(2)20-10-6-15(18-20)12-19-11-9-17-13-16(19)7-4-3-5-8-16/h6,10,14,17H,3-5,7-9,11-13H2,1-2H3. The zero-order chi connectivity index (χ0) is 14.0. The van der Waals surface area contributed by atoms with Crippen molar-refractivity contribution in [1.82, 2.24) is 20.0 Å². The van der Waals surface area contributed by atoms with E-state index in [0.717, 1.165) is 26.2 Å². The maximum absolute atomic E-state index is 4.74. The molecule has 2 aliphatic rings. The van der Waals surface area contributed by atoms with E-state index < -0.39 is 0 Å². The largest absolute Gasteiger partial charge is 0.314 e. The lowest BCUT2D eigenvalue weighted by Gasteiger charge is -2.49. The molecule has 1 spiro atoms. The predicted octanol–water partition coefficient (Wildman–Crippen LogP) is 2.57. The maximum atomic E-state index is 4.74. The molecule has 3 rings (SSSR count). The van der Waals surface area contributed by atoms with Gasteiger partial charge in [0.25, 0.3) is 0 Å². The molecule has 112 valence electrons. The summed E-state index contributed by atoms with van der Waals surface area (Å²) >= 11 is 0. The van der Waals surface area contributed by atoms with Crippen LogP contribution in [0.3, 0.4) is 0 Å². The fourth-order valence-corrected chi connectivity index (χ4v) is 3.78. The van der Waals surface area contributed by atoms with Gasteiger partial charge in [0.15, 0.2) is 0 Å². The van der Waals surface area contributed by atoms with Gasteiger partial charge in [-0.3, -0.25) is 9.58 Å². The second kappa shape index (κ2) is 5.86. The van der Waals surface area contributed by atoms with Crippen LogP contribution in [0.15, 0.2) is 12.3 Å². The smallest absolute Gasteiger partial charge is 0.0765 e. The number of nitrogens with one attached hydrogen (secondary N) is 1. The molecule has 1 saturated carbocycles. The van der Waals surface area contributed by atoms with Gasteiger partial charge in [-0.2, -0.15) is 5.10 Å². The van der Waals surface area contributed by atoms with Crippen LogP contribution >= 0.6 is 0 Å². The number of hydrogen-bond donors (Lipinski definition) is 1. The summed E-state index contributed by atoms with van der Waals surface area (Å²) in [6.45, 7) is 8.83. The first kappa shape index (κ1) is 14.1. The van der Waals surface area contributed by atoms with Gasteiger partial charge >= 0.3 is 0 Å². The summed E-state index contributed by atoms with van der Waals surface area (Å²) in [6.07, 6.45) is 9.01. The highest BCUT2D eigenvalue weighted by atomic mass is 15.3. The number of aromatic nitrogens is 2. The minimum absolute atomic E-state index is 0.401. The van der Waals surface area contributed by atoms with E-state index in [0.29, 0.717) is 11.6 Å². The van der Waals surface area contributed by atoms with Crippen molar-refractivity contribution in [3.05, 3.63) is 18.0 Å². The Labute approximate surface area is 122 Å². The van der Waals surface area contributed by atoms with Gasteiger partial charge in [-0.05, 0) is 32.8 Å². The number of hydrogen-bond acceptors (Lipinski definition) is 3. The monoisotopic (exact) mass is 276 g/mol. The van der Waals surface area contributed by atoms with Crippen LogP contribution in [0.25, 0.3) is 0 Å². The molecule has 1 aliphatic carbocycles. The first-order valence-corrected chi connectivity index (χ1v) is 8.19. The van der Waals surface area contributed by atoms with Crippen LogP contribution in [-0.4, -0.2) is 39.9 Å². The van der Waals surface area contributed by atoms with Crippen molar-refractivity contribution in [2.75, 3.05) is 19.6 Å². The quantitative estimate of drug-likeness (QED) is 0.921. The SMILES string of the molecule is CC(C)n1ccc(CN2CCNCC23CCCCC3)n1. The molecule has 1 aromatic rings. The van der Waals surface area contributed by atoms with Crippen molar-refractivity contribution >= 4 is 0 Å². The van der Waals surface area contributed by atoms with Crippen LogP contribution in [-0.2, 0) is 6.54 Å². The van der Waals surface area contributed by atoms with Gasteiger partial charge in [0.2, 0.25) is 0 Å². The van der Waals surface area contributed by atoms with Gasteiger partial charge in [0.1, 0.15) is 0 Å². The zero-order valence-corrected chi connectivity index (χ0v) is 12.9. The van der Waals surface area contributed by atoms with Gasteiger partial charge in [0, 0.05) is 44.0 Å². The topological polar surface area (TPSA) is 33.1 Å². The molecule has 4 heteroatoms. The Hall–Kier alpha value is -0.870. The van der Waals surface area contributed by atoms with E-state index in [1.807, 2.05) is 0 Å². The van der Waals surface area contributed by atoms with Crippen molar-refractivity contribution in [2.24, 2.45) is 0 Å². The van der Waals surface area contributed by atoms with Crippen LogP contribution in [0.2, 0.25) is 0 Å². The lowest BCUT2D eigenvalue weighted by molar-refractivity contribution is 0.0198. The van der Waals surface area contributed by atoms with Crippen LogP contribution in [0, 0.1) is 0 Å². The van der Waals surface area contributed by atoms with E-state index >= 15 is 0 Å². The Morgan fingerprint density at radius 1 is 1.30 bits per heavy atom. The van der Waals surface area contributed by atoms with E-state index in [2.05, 4.69) is 41.0 Å². The predicted molar refractivity (Wildman–Crippen MR) is 81.7 cm³/mol. The van der Waals surface area contributed by atoms with E-state index in [1.54, 1.807) is 0 Å². The Morgan fingerprint density at radius 2 is 2.10 bits per heavy atom. The molecule has 0 aromatic carbocycles.